The van der Waals surface area contributed by atoms with Crippen LogP contribution in [0.2, 0.25) is 0 Å². The van der Waals surface area contributed by atoms with Gasteiger partial charge in [0.15, 0.2) is 6.29 Å². The lowest BCUT2D eigenvalue weighted by Gasteiger charge is -2.23. The summed E-state index contributed by atoms with van der Waals surface area (Å²) in [5.41, 5.74) is 0. The maximum atomic E-state index is 9.33. The quantitative estimate of drug-likeness (QED) is 0.366. The second-order valence-electron chi connectivity index (χ2n) is 2.98. The molecule has 0 saturated carbocycles. The van der Waals surface area contributed by atoms with Gasteiger partial charge in [-0.15, -0.1) is 0 Å². The molecule has 1 heterocycles. The van der Waals surface area contributed by atoms with Gasteiger partial charge in [-0.1, -0.05) is 0 Å². The minimum atomic E-state index is -1.47. The number of rotatable bonds is 1. The molecule has 0 aromatic carbocycles. The first-order chi connectivity index (χ1) is 6.07. The van der Waals surface area contributed by atoms with Gasteiger partial charge in [0.1, 0.15) is 24.4 Å². The second kappa shape index (κ2) is 4.32. The average Bonchev–Trinajstić information content (AvgIpc) is 2.22. The van der Waals surface area contributed by atoms with Crippen molar-refractivity contribution in [2.75, 3.05) is 13.7 Å². The molecule has 0 aromatic rings. The Labute approximate surface area is 75.3 Å². The molecular formula is C7H14O6. The summed E-state index contributed by atoms with van der Waals surface area (Å²) in [4.78, 5) is 0. The van der Waals surface area contributed by atoms with Gasteiger partial charge >= 0.3 is 0 Å². The van der Waals surface area contributed by atoms with Crippen molar-refractivity contribution in [3.05, 3.63) is 0 Å². The van der Waals surface area contributed by atoms with Gasteiger partial charge in [0.25, 0.3) is 0 Å². The van der Waals surface area contributed by atoms with Crippen LogP contribution < -0.4 is 0 Å². The maximum absolute atomic E-state index is 9.33. The van der Waals surface area contributed by atoms with Crippen LogP contribution in [0.5, 0.6) is 0 Å². The van der Waals surface area contributed by atoms with Crippen LogP contribution in [0.3, 0.4) is 0 Å². The Kier molecular flexibility index (Phi) is 3.60. The molecule has 6 heteroatoms. The molecule has 1 saturated heterocycles. The van der Waals surface area contributed by atoms with Gasteiger partial charge in [-0.2, -0.15) is 0 Å². The Morgan fingerprint density at radius 2 is 1.69 bits per heavy atom. The molecule has 1 fully saturated rings. The molecule has 4 N–H and O–H groups in total. The van der Waals surface area contributed by atoms with Crippen molar-refractivity contribution in [3.8, 4) is 0 Å². The van der Waals surface area contributed by atoms with E-state index in [0.717, 1.165) is 0 Å². The van der Waals surface area contributed by atoms with Gasteiger partial charge in [-0.05, 0) is 0 Å². The topological polar surface area (TPSA) is 99.4 Å². The predicted molar refractivity (Wildman–Crippen MR) is 40.8 cm³/mol. The van der Waals surface area contributed by atoms with E-state index in [1.54, 1.807) is 0 Å². The molecule has 0 amide bonds. The number of hydrogen-bond acceptors (Lipinski definition) is 6. The summed E-state index contributed by atoms with van der Waals surface area (Å²) in [5, 5.41) is 37.0. The largest absolute Gasteiger partial charge is 0.388 e. The van der Waals surface area contributed by atoms with Crippen LogP contribution in [-0.2, 0) is 9.47 Å². The average molecular weight is 194 g/mol. The molecule has 5 atom stereocenters. The molecule has 0 bridgehead atoms. The summed E-state index contributed by atoms with van der Waals surface area (Å²) in [7, 11) is 1.30. The highest BCUT2D eigenvalue weighted by Crippen LogP contribution is 2.16. The summed E-state index contributed by atoms with van der Waals surface area (Å²) in [6.07, 6.45) is -6.50. The van der Waals surface area contributed by atoms with Crippen molar-refractivity contribution >= 4 is 0 Å². The Morgan fingerprint density at radius 1 is 1.08 bits per heavy atom. The van der Waals surface area contributed by atoms with E-state index in [1.165, 1.54) is 7.11 Å². The highest BCUT2D eigenvalue weighted by Gasteiger charge is 2.39. The zero-order valence-corrected chi connectivity index (χ0v) is 7.20. The number of ether oxygens (including phenoxy) is 2. The Bertz CT molecular complexity index is 161. The molecule has 0 aliphatic carbocycles. The van der Waals surface area contributed by atoms with Crippen molar-refractivity contribution in [1.29, 1.82) is 0 Å². The fourth-order valence-corrected chi connectivity index (χ4v) is 1.19. The third kappa shape index (κ3) is 2.16. The fraction of sp³-hybridized carbons (Fsp3) is 1.00. The van der Waals surface area contributed by atoms with Gasteiger partial charge in [-0.3, -0.25) is 0 Å². The lowest BCUT2D eigenvalue weighted by atomic mass is 10.0. The van der Waals surface area contributed by atoms with E-state index < -0.39 is 30.7 Å². The first kappa shape index (κ1) is 10.8. The van der Waals surface area contributed by atoms with Crippen molar-refractivity contribution in [3.63, 3.8) is 0 Å². The molecule has 78 valence electrons. The second-order valence-corrected chi connectivity index (χ2v) is 2.98. The lowest BCUT2D eigenvalue weighted by molar-refractivity contribution is -0.196. The molecule has 13 heavy (non-hydrogen) atoms. The number of aliphatic hydroxyl groups is 4. The van der Waals surface area contributed by atoms with Crippen LogP contribution in [-0.4, -0.2) is 64.8 Å². The normalized spacial score (nSPS) is 47.3. The van der Waals surface area contributed by atoms with Gasteiger partial charge in [0.05, 0.1) is 6.61 Å². The van der Waals surface area contributed by atoms with Crippen molar-refractivity contribution in [2.24, 2.45) is 0 Å². The van der Waals surface area contributed by atoms with E-state index in [9.17, 15) is 15.3 Å². The zero-order chi connectivity index (χ0) is 10.0. The summed E-state index contributed by atoms with van der Waals surface area (Å²) in [6.45, 7) is -0.187. The third-order valence-electron chi connectivity index (χ3n) is 2.04. The minimum absolute atomic E-state index is 0.187. The number of aliphatic hydroxyl groups excluding tert-OH is 4. The minimum Gasteiger partial charge on any atom is -0.388 e. The van der Waals surface area contributed by atoms with Crippen LogP contribution in [0, 0.1) is 0 Å². The smallest absolute Gasteiger partial charge is 0.185 e. The third-order valence-corrected chi connectivity index (χ3v) is 2.04. The van der Waals surface area contributed by atoms with Crippen molar-refractivity contribution in [2.45, 2.75) is 30.7 Å². The van der Waals surface area contributed by atoms with Gasteiger partial charge in [0, 0.05) is 7.11 Å². The van der Waals surface area contributed by atoms with E-state index >= 15 is 0 Å². The first-order valence-corrected chi connectivity index (χ1v) is 3.94. The maximum Gasteiger partial charge on any atom is 0.185 e. The van der Waals surface area contributed by atoms with E-state index in [-0.39, 0.29) is 6.61 Å². The summed E-state index contributed by atoms with van der Waals surface area (Å²) in [5.74, 6) is 0. The predicted octanol–water partition coefficient (Wildman–Crippen LogP) is -2.57. The first-order valence-electron chi connectivity index (χ1n) is 3.94. The van der Waals surface area contributed by atoms with E-state index in [1.807, 2.05) is 0 Å². The summed E-state index contributed by atoms with van der Waals surface area (Å²) >= 11 is 0. The van der Waals surface area contributed by atoms with Crippen molar-refractivity contribution < 1.29 is 29.9 Å². The van der Waals surface area contributed by atoms with E-state index in [2.05, 4.69) is 0 Å². The van der Waals surface area contributed by atoms with Gasteiger partial charge in [0.2, 0.25) is 0 Å². The molecule has 1 aliphatic rings. The highest BCUT2D eigenvalue weighted by molar-refractivity contribution is 4.85. The number of hydrogen-bond donors (Lipinski definition) is 4. The Balaban J connectivity index is 2.69. The lowest BCUT2D eigenvalue weighted by Crippen LogP contribution is -2.46. The zero-order valence-electron chi connectivity index (χ0n) is 7.20. The highest BCUT2D eigenvalue weighted by atomic mass is 16.7. The van der Waals surface area contributed by atoms with Crippen LogP contribution in [0.1, 0.15) is 0 Å². The molecule has 1 aliphatic heterocycles. The molecule has 1 rings (SSSR count). The molecule has 0 radical (unpaired) electrons. The standard InChI is InChI=1S/C7H14O6/c1-12-7-6(11)5(10)4(9)3(8)2-13-7/h3-11H,2H2,1H3/t3-,4+,5-,6+,7+/m1/s1. The molecule has 0 spiro atoms. The van der Waals surface area contributed by atoms with Gasteiger partial charge < -0.3 is 29.9 Å². The van der Waals surface area contributed by atoms with Crippen LogP contribution in [0.25, 0.3) is 0 Å². The fourth-order valence-electron chi connectivity index (χ4n) is 1.19. The van der Waals surface area contributed by atoms with Crippen LogP contribution in [0.15, 0.2) is 0 Å². The molecular weight excluding hydrogens is 180 g/mol. The number of methoxy groups -OCH3 is 1. The summed E-state index contributed by atoms with van der Waals surface area (Å²) < 4.78 is 9.57. The van der Waals surface area contributed by atoms with E-state index in [0.29, 0.717) is 0 Å². The molecule has 6 nitrogen and oxygen atoms in total. The Morgan fingerprint density at radius 3 is 2.23 bits per heavy atom. The van der Waals surface area contributed by atoms with E-state index in [4.69, 9.17) is 14.6 Å². The molecule has 0 aromatic heterocycles. The monoisotopic (exact) mass is 194 g/mol. The van der Waals surface area contributed by atoms with Crippen LogP contribution in [0.4, 0.5) is 0 Å². The Hall–Kier alpha value is -0.240. The van der Waals surface area contributed by atoms with Crippen molar-refractivity contribution in [1.82, 2.24) is 0 Å². The SMILES string of the molecule is CO[C@H]1OC[C@@H](O)[C@H](O)[C@@H](O)[C@@H]1O. The summed E-state index contributed by atoms with van der Waals surface area (Å²) in [6, 6.07) is 0. The molecule has 0 unspecified atom stereocenters. The van der Waals surface area contributed by atoms with Gasteiger partial charge in [-0.25, -0.2) is 0 Å². The van der Waals surface area contributed by atoms with Crippen LogP contribution >= 0.6 is 0 Å².